The van der Waals surface area contributed by atoms with Crippen LogP contribution in [0.4, 0.5) is 11.4 Å². The van der Waals surface area contributed by atoms with Crippen LogP contribution in [-0.4, -0.2) is 20.0 Å². The first-order valence-corrected chi connectivity index (χ1v) is 8.29. The molecule has 0 N–H and O–H groups in total. The maximum absolute atomic E-state index is 12.9. The van der Waals surface area contributed by atoms with Gasteiger partial charge in [0.15, 0.2) is 9.79 Å². The predicted molar refractivity (Wildman–Crippen MR) is 86.9 cm³/mol. The summed E-state index contributed by atoms with van der Waals surface area (Å²) in [6.45, 7) is 0.176. The first kappa shape index (κ1) is 14.0. The maximum atomic E-state index is 12.9. The van der Waals surface area contributed by atoms with Crippen LogP contribution in [-0.2, 0) is 22.5 Å². The third-order valence-corrected chi connectivity index (χ3v) is 5.23. The Morgan fingerprint density at radius 2 is 1.65 bits per heavy atom. The summed E-state index contributed by atoms with van der Waals surface area (Å²) in [6, 6.07) is 14.6. The number of imidazole rings is 1. The highest BCUT2D eigenvalue weighted by Gasteiger charge is 2.36. The average Bonchev–Trinajstić information content (AvgIpc) is 3.08. The number of amides is 1. The number of nitrogens with zero attached hydrogens (tertiary/aromatic N) is 3. The second kappa shape index (κ2) is 5.57. The zero-order chi connectivity index (χ0) is 15.8. The van der Waals surface area contributed by atoms with Gasteiger partial charge < -0.3 is 9.12 Å². The lowest BCUT2D eigenvalue weighted by atomic mass is 10.2. The molecule has 0 saturated heterocycles. The maximum Gasteiger partial charge on any atom is 0.251 e. The first-order chi connectivity index (χ1) is 11.3. The SMILES string of the molecule is O=C(Cn1ccnc1)N1c2ccccc2[S+]([O-])c2ccccc21. The molecule has 0 atom stereocenters. The highest BCUT2D eigenvalue weighted by Crippen LogP contribution is 2.43. The van der Waals surface area contributed by atoms with Gasteiger partial charge in [0.05, 0.1) is 6.33 Å². The minimum Gasteiger partial charge on any atom is -0.606 e. The summed E-state index contributed by atoms with van der Waals surface area (Å²) in [5.41, 5.74) is 1.35. The van der Waals surface area contributed by atoms with Crippen molar-refractivity contribution in [3.8, 4) is 0 Å². The second-order valence-electron chi connectivity index (χ2n) is 5.17. The van der Waals surface area contributed by atoms with Crippen molar-refractivity contribution >= 4 is 28.5 Å². The Hall–Kier alpha value is -2.57. The van der Waals surface area contributed by atoms with Crippen LogP contribution < -0.4 is 4.90 Å². The van der Waals surface area contributed by atoms with Crippen LogP contribution in [0, 0.1) is 0 Å². The van der Waals surface area contributed by atoms with E-state index in [1.165, 1.54) is 0 Å². The number of carbonyl (C=O) groups is 1. The summed E-state index contributed by atoms with van der Waals surface area (Å²) < 4.78 is 14.5. The van der Waals surface area contributed by atoms with Gasteiger partial charge >= 0.3 is 0 Å². The van der Waals surface area contributed by atoms with E-state index in [4.69, 9.17) is 0 Å². The van der Waals surface area contributed by atoms with Crippen molar-refractivity contribution in [1.82, 2.24) is 9.55 Å². The number of aromatic nitrogens is 2. The fourth-order valence-electron chi connectivity index (χ4n) is 2.72. The molecule has 0 aliphatic carbocycles. The Balaban J connectivity index is 1.82. The van der Waals surface area contributed by atoms with Gasteiger partial charge in [0.1, 0.15) is 17.9 Å². The summed E-state index contributed by atoms with van der Waals surface area (Å²) in [7, 11) is 0. The molecule has 2 aromatic carbocycles. The number of hydrogen-bond donors (Lipinski definition) is 0. The third-order valence-electron chi connectivity index (χ3n) is 3.74. The van der Waals surface area contributed by atoms with Gasteiger partial charge in [0.25, 0.3) is 5.91 Å². The molecule has 3 aromatic rings. The van der Waals surface area contributed by atoms with Crippen LogP contribution in [0.1, 0.15) is 0 Å². The summed E-state index contributed by atoms with van der Waals surface area (Å²) in [5.74, 6) is -0.0976. The standard InChI is InChI=1S/C17H13N3O2S/c21-17(11-19-10-9-18-12-19)20-13-5-1-3-7-15(13)23(22)16-8-4-2-6-14(16)20/h1-10,12H,11H2. The second-order valence-corrected chi connectivity index (χ2v) is 6.59. The van der Waals surface area contributed by atoms with E-state index in [-0.39, 0.29) is 12.5 Å². The van der Waals surface area contributed by atoms with Gasteiger partial charge in [-0.1, -0.05) is 24.3 Å². The van der Waals surface area contributed by atoms with Crippen molar-refractivity contribution in [2.24, 2.45) is 0 Å². The molecule has 0 bridgehead atoms. The van der Waals surface area contributed by atoms with Gasteiger partial charge in [0, 0.05) is 23.6 Å². The lowest BCUT2D eigenvalue weighted by Crippen LogP contribution is -2.34. The van der Waals surface area contributed by atoms with E-state index in [1.54, 1.807) is 40.3 Å². The fraction of sp³-hybridized carbons (Fsp3) is 0.0588. The first-order valence-electron chi connectivity index (χ1n) is 7.14. The highest BCUT2D eigenvalue weighted by atomic mass is 32.2. The monoisotopic (exact) mass is 323 g/mol. The van der Waals surface area contributed by atoms with E-state index in [2.05, 4.69) is 4.98 Å². The van der Waals surface area contributed by atoms with E-state index < -0.39 is 11.2 Å². The number of hydrogen-bond acceptors (Lipinski definition) is 3. The molecule has 1 amide bonds. The van der Waals surface area contributed by atoms with Gasteiger partial charge in [0.2, 0.25) is 0 Å². The van der Waals surface area contributed by atoms with Gasteiger partial charge in [-0.15, -0.1) is 0 Å². The third kappa shape index (κ3) is 2.32. The molecule has 0 unspecified atom stereocenters. The summed E-state index contributed by atoms with van der Waals surface area (Å²) in [6.07, 6.45) is 5.00. The molecule has 0 radical (unpaired) electrons. The van der Waals surface area contributed by atoms with Crippen LogP contribution >= 0.6 is 0 Å². The van der Waals surface area contributed by atoms with E-state index in [1.807, 2.05) is 36.4 Å². The van der Waals surface area contributed by atoms with E-state index in [9.17, 15) is 9.35 Å². The van der Waals surface area contributed by atoms with Crippen molar-refractivity contribution in [1.29, 1.82) is 0 Å². The largest absolute Gasteiger partial charge is 0.606 e. The zero-order valence-electron chi connectivity index (χ0n) is 12.1. The van der Waals surface area contributed by atoms with E-state index in [0.717, 1.165) is 0 Å². The quantitative estimate of drug-likeness (QED) is 0.681. The smallest absolute Gasteiger partial charge is 0.251 e. The Morgan fingerprint density at radius 1 is 1.04 bits per heavy atom. The van der Waals surface area contributed by atoms with Crippen molar-refractivity contribution in [2.45, 2.75) is 16.3 Å². The molecule has 1 aromatic heterocycles. The number of carbonyl (C=O) groups excluding carboxylic acids is 1. The summed E-state index contributed by atoms with van der Waals surface area (Å²) in [4.78, 5) is 19.8. The van der Waals surface area contributed by atoms with Crippen molar-refractivity contribution in [2.75, 3.05) is 4.90 Å². The molecule has 1 aliphatic rings. The van der Waals surface area contributed by atoms with Crippen LogP contribution in [0.2, 0.25) is 0 Å². The molecular weight excluding hydrogens is 310 g/mol. The molecule has 23 heavy (non-hydrogen) atoms. The number of rotatable bonds is 2. The van der Waals surface area contributed by atoms with Crippen LogP contribution in [0.15, 0.2) is 77.0 Å². The van der Waals surface area contributed by atoms with Gasteiger partial charge in [-0.2, -0.15) is 0 Å². The van der Waals surface area contributed by atoms with Crippen LogP contribution in [0.5, 0.6) is 0 Å². The highest BCUT2D eigenvalue weighted by molar-refractivity contribution is 7.92. The number of para-hydroxylation sites is 2. The number of fused-ring (bicyclic) bond motifs is 2. The predicted octanol–water partition coefficient (Wildman–Crippen LogP) is 2.73. The molecular formula is C17H13N3O2S. The minimum atomic E-state index is -1.28. The van der Waals surface area contributed by atoms with Crippen LogP contribution in [0.3, 0.4) is 0 Å². The molecule has 0 spiro atoms. The lowest BCUT2D eigenvalue weighted by molar-refractivity contribution is -0.118. The van der Waals surface area contributed by atoms with Gasteiger partial charge in [-0.05, 0) is 24.3 Å². The van der Waals surface area contributed by atoms with Gasteiger partial charge in [-0.25, -0.2) is 4.98 Å². The molecule has 5 nitrogen and oxygen atoms in total. The van der Waals surface area contributed by atoms with E-state index >= 15 is 0 Å². The topological polar surface area (TPSA) is 61.2 Å². The fourth-order valence-corrected chi connectivity index (χ4v) is 4.06. The van der Waals surface area contributed by atoms with Crippen molar-refractivity contribution in [3.63, 3.8) is 0 Å². The molecule has 1 aliphatic heterocycles. The Bertz CT molecular complexity index is 816. The minimum absolute atomic E-state index is 0.0976. The number of anilines is 2. The van der Waals surface area contributed by atoms with Crippen molar-refractivity contribution in [3.05, 3.63) is 67.3 Å². The van der Waals surface area contributed by atoms with Crippen LogP contribution in [0.25, 0.3) is 0 Å². The lowest BCUT2D eigenvalue weighted by Gasteiger charge is -2.31. The molecule has 4 rings (SSSR count). The normalized spacial score (nSPS) is 13.5. The molecule has 0 saturated carbocycles. The molecule has 0 fully saturated rings. The number of benzene rings is 2. The zero-order valence-corrected chi connectivity index (χ0v) is 12.9. The van der Waals surface area contributed by atoms with E-state index in [0.29, 0.717) is 21.2 Å². The Labute approximate surface area is 136 Å². The Kier molecular flexibility index (Phi) is 3.40. The Morgan fingerprint density at radius 3 is 2.22 bits per heavy atom. The summed E-state index contributed by atoms with van der Waals surface area (Å²) >= 11 is -1.28. The van der Waals surface area contributed by atoms with Crippen molar-refractivity contribution < 1.29 is 9.35 Å². The summed E-state index contributed by atoms with van der Waals surface area (Å²) in [5, 5.41) is 0. The molecule has 2 heterocycles. The van der Waals surface area contributed by atoms with Gasteiger partial charge in [-0.3, -0.25) is 9.69 Å². The molecule has 114 valence electrons. The average molecular weight is 323 g/mol. The molecule has 6 heteroatoms.